The highest BCUT2D eigenvalue weighted by atomic mass is 19.1. The fourth-order valence-corrected chi connectivity index (χ4v) is 3.39. The molecule has 0 saturated heterocycles. The molecule has 0 fully saturated rings. The maximum Gasteiger partial charge on any atom is 0.270 e. The number of carbonyl (C=O) groups excluding carboxylic acids is 1. The largest absolute Gasteiger partial charge is 0.504 e. The Balaban J connectivity index is 1.70. The van der Waals surface area contributed by atoms with E-state index in [0.29, 0.717) is 17.4 Å². The van der Waals surface area contributed by atoms with Gasteiger partial charge < -0.3 is 14.8 Å². The Kier molecular flexibility index (Phi) is 3.94. The number of pyridine rings is 2. The van der Waals surface area contributed by atoms with Gasteiger partial charge in [-0.25, -0.2) is 9.37 Å². The first-order valence-electron chi connectivity index (χ1n) is 8.96. The van der Waals surface area contributed by atoms with Crippen LogP contribution in [0.15, 0.2) is 40.9 Å². The van der Waals surface area contributed by atoms with Crippen molar-refractivity contribution in [2.75, 3.05) is 5.32 Å². The van der Waals surface area contributed by atoms with Crippen molar-refractivity contribution in [2.24, 2.45) is 0 Å². The number of fused-ring (bicyclic) bond motifs is 8. The number of aryl methyl sites for hydroxylation is 1. The van der Waals surface area contributed by atoms with Crippen molar-refractivity contribution in [1.82, 2.24) is 20.2 Å². The molecule has 5 rings (SSSR count). The van der Waals surface area contributed by atoms with Crippen molar-refractivity contribution in [3.63, 3.8) is 0 Å². The number of rotatable bonds is 0. The van der Waals surface area contributed by atoms with Crippen LogP contribution in [0.2, 0.25) is 0 Å². The van der Waals surface area contributed by atoms with Gasteiger partial charge in [-0.3, -0.25) is 9.78 Å². The summed E-state index contributed by atoms with van der Waals surface area (Å²) in [5, 5.41) is 21.9. The summed E-state index contributed by atoms with van der Waals surface area (Å²) in [5.74, 6) is -0.372. The van der Waals surface area contributed by atoms with E-state index >= 15 is 0 Å². The maximum absolute atomic E-state index is 13.7. The summed E-state index contributed by atoms with van der Waals surface area (Å²) in [6.07, 6.45) is 2.26. The van der Waals surface area contributed by atoms with Crippen molar-refractivity contribution < 1.29 is 18.7 Å². The molecule has 0 aliphatic carbocycles. The number of nitrogens with zero attached hydrogens (tertiary/aromatic N) is 4. The lowest BCUT2D eigenvalue weighted by Crippen LogP contribution is -2.15. The first-order valence-corrected chi connectivity index (χ1v) is 8.96. The van der Waals surface area contributed by atoms with E-state index in [4.69, 9.17) is 4.42 Å². The minimum absolute atomic E-state index is 0.00320. The number of carbonyl (C=O) groups is 1. The molecule has 0 spiro atoms. The molecule has 0 saturated carbocycles. The van der Waals surface area contributed by atoms with Gasteiger partial charge in [-0.15, -0.1) is 10.2 Å². The van der Waals surface area contributed by atoms with Crippen molar-refractivity contribution >= 4 is 22.6 Å². The third-order valence-corrected chi connectivity index (χ3v) is 4.79. The molecule has 1 aliphatic rings. The van der Waals surface area contributed by atoms with Gasteiger partial charge in [0.2, 0.25) is 11.8 Å². The third kappa shape index (κ3) is 3.06. The average molecular weight is 391 g/mol. The highest BCUT2D eigenvalue weighted by Crippen LogP contribution is 2.36. The number of aromatic hydroxyl groups is 1. The molecule has 4 heterocycles. The smallest absolute Gasteiger partial charge is 0.270 e. The Labute approximate surface area is 163 Å². The van der Waals surface area contributed by atoms with Crippen molar-refractivity contribution in [3.8, 4) is 17.3 Å². The van der Waals surface area contributed by atoms with Crippen LogP contribution < -0.4 is 5.32 Å². The second-order valence-corrected chi connectivity index (χ2v) is 6.70. The summed E-state index contributed by atoms with van der Waals surface area (Å²) in [5.41, 5.74) is 1.76. The van der Waals surface area contributed by atoms with Gasteiger partial charge in [-0.1, -0.05) is 6.07 Å². The lowest BCUT2D eigenvalue weighted by Gasteiger charge is -2.11. The summed E-state index contributed by atoms with van der Waals surface area (Å²) in [6.45, 7) is 0. The zero-order valence-corrected chi connectivity index (χ0v) is 15.0. The molecule has 0 radical (unpaired) electrons. The molecule has 29 heavy (non-hydrogen) atoms. The molecular weight excluding hydrogens is 377 g/mol. The van der Waals surface area contributed by atoms with E-state index < -0.39 is 0 Å². The van der Waals surface area contributed by atoms with Gasteiger partial charge in [0.1, 0.15) is 17.2 Å². The molecule has 1 aromatic carbocycles. The van der Waals surface area contributed by atoms with Crippen LogP contribution in [0.1, 0.15) is 23.4 Å². The zero-order chi connectivity index (χ0) is 20.0. The molecule has 9 heteroatoms. The highest BCUT2D eigenvalue weighted by Gasteiger charge is 2.22. The Morgan fingerprint density at radius 1 is 1.14 bits per heavy atom. The van der Waals surface area contributed by atoms with Crippen LogP contribution >= 0.6 is 0 Å². The minimum Gasteiger partial charge on any atom is -0.504 e. The van der Waals surface area contributed by atoms with Crippen LogP contribution in [0, 0.1) is 5.82 Å². The second kappa shape index (κ2) is 6.62. The zero-order valence-electron chi connectivity index (χ0n) is 15.0. The summed E-state index contributed by atoms with van der Waals surface area (Å²) >= 11 is 0. The number of hydrogen-bond donors (Lipinski definition) is 2. The van der Waals surface area contributed by atoms with E-state index in [1.165, 1.54) is 18.3 Å². The quantitative estimate of drug-likeness (QED) is 0.474. The fraction of sp³-hybridized carbons (Fsp3) is 0.150. The lowest BCUT2D eigenvalue weighted by atomic mass is 10.00. The van der Waals surface area contributed by atoms with Gasteiger partial charge in [0.05, 0.1) is 6.42 Å². The molecule has 1 aliphatic heterocycles. The van der Waals surface area contributed by atoms with Gasteiger partial charge in [0, 0.05) is 18.0 Å². The SMILES string of the molecule is O=C1CCc2cc(F)ccc2Cc2nnc(o2)-c2nc(c3cccnc3c2O)N1. The van der Waals surface area contributed by atoms with Crippen LogP contribution in [0.4, 0.5) is 10.2 Å². The molecule has 0 atom stereocenters. The predicted octanol–water partition coefficient (Wildman–Crippen LogP) is 3.00. The molecule has 1 amide bonds. The van der Waals surface area contributed by atoms with E-state index in [0.717, 1.165) is 5.56 Å². The van der Waals surface area contributed by atoms with Gasteiger partial charge in [-0.05, 0) is 41.8 Å². The molecule has 4 aromatic rings. The van der Waals surface area contributed by atoms with Crippen molar-refractivity contribution in [1.29, 1.82) is 0 Å². The monoisotopic (exact) mass is 391 g/mol. The van der Waals surface area contributed by atoms with Gasteiger partial charge in [0.25, 0.3) is 5.89 Å². The Morgan fingerprint density at radius 3 is 2.93 bits per heavy atom. The number of hydrogen-bond acceptors (Lipinski definition) is 7. The fourth-order valence-electron chi connectivity index (χ4n) is 3.39. The van der Waals surface area contributed by atoms with E-state index in [-0.39, 0.29) is 59.1 Å². The van der Waals surface area contributed by atoms with Crippen LogP contribution in [0.3, 0.4) is 0 Å². The number of aromatic nitrogens is 4. The summed E-state index contributed by atoms with van der Waals surface area (Å²) in [6, 6.07) is 7.76. The Bertz CT molecular complexity index is 1270. The molecular formula is C20H14FN5O3. The van der Waals surface area contributed by atoms with Crippen molar-refractivity contribution in [3.05, 3.63) is 59.4 Å². The van der Waals surface area contributed by atoms with Gasteiger partial charge in [0.15, 0.2) is 11.4 Å². The summed E-state index contributed by atoms with van der Waals surface area (Å²) in [7, 11) is 0. The molecule has 2 N–H and O–H groups in total. The van der Waals surface area contributed by atoms with Gasteiger partial charge in [-0.2, -0.15) is 0 Å². The highest BCUT2D eigenvalue weighted by molar-refractivity contribution is 6.02. The van der Waals surface area contributed by atoms with E-state index in [1.54, 1.807) is 18.2 Å². The van der Waals surface area contributed by atoms with Gasteiger partial charge >= 0.3 is 0 Å². The predicted molar refractivity (Wildman–Crippen MR) is 101 cm³/mol. The third-order valence-electron chi connectivity index (χ3n) is 4.79. The number of anilines is 1. The standard InChI is InChI=1S/C20H14FN5O3/c21-12-5-3-11-9-15-25-26-20(29-15)17-18(28)16-13(2-1-7-22-16)19(24-17)23-14(27)6-4-10(11)8-12/h1-3,5,7-8,28H,4,6,9H2,(H,23,24,27). The first kappa shape index (κ1) is 17.2. The topological polar surface area (TPSA) is 114 Å². The van der Waals surface area contributed by atoms with Crippen LogP contribution in [0.5, 0.6) is 5.75 Å². The Hall–Kier alpha value is -3.88. The summed E-state index contributed by atoms with van der Waals surface area (Å²) in [4.78, 5) is 21.1. The molecule has 0 unspecified atom stereocenters. The molecule has 8 nitrogen and oxygen atoms in total. The normalized spacial score (nSPS) is 13.8. The molecule has 144 valence electrons. The van der Waals surface area contributed by atoms with Crippen LogP contribution in [-0.2, 0) is 17.6 Å². The van der Waals surface area contributed by atoms with Crippen LogP contribution in [0.25, 0.3) is 22.5 Å². The van der Waals surface area contributed by atoms with E-state index in [9.17, 15) is 14.3 Å². The molecule has 4 bridgehead atoms. The lowest BCUT2D eigenvalue weighted by molar-refractivity contribution is -0.116. The number of benzene rings is 1. The molecule has 3 aromatic heterocycles. The first-order chi connectivity index (χ1) is 14.1. The number of halogens is 1. The summed E-state index contributed by atoms with van der Waals surface area (Å²) < 4.78 is 19.4. The number of nitrogens with one attached hydrogen (secondary N) is 1. The van der Waals surface area contributed by atoms with E-state index in [2.05, 4.69) is 25.5 Å². The van der Waals surface area contributed by atoms with Crippen LogP contribution in [-0.4, -0.2) is 31.2 Å². The van der Waals surface area contributed by atoms with E-state index in [1.807, 2.05) is 0 Å². The second-order valence-electron chi connectivity index (χ2n) is 6.70. The average Bonchev–Trinajstić information content (AvgIpc) is 3.18. The maximum atomic E-state index is 13.7. The Morgan fingerprint density at radius 2 is 2.03 bits per heavy atom. The van der Waals surface area contributed by atoms with Crippen molar-refractivity contribution in [2.45, 2.75) is 19.3 Å². The minimum atomic E-state index is -0.380. The number of amides is 1.